The maximum absolute atomic E-state index is 17.2. The number of halogens is 1. The lowest BCUT2D eigenvalue weighted by Crippen LogP contribution is -2.38. The largest absolute Gasteiger partial charge is 0.471 e. The van der Waals surface area contributed by atoms with Gasteiger partial charge in [0.05, 0.1) is 17.7 Å². The van der Waals surface area contributed by atoms with Crippen LogP contribution in [0, 0.1) is 24.1 Å². The molecule has 0 radical (unpaired) electrons. The Kier molecular flexibility index (Phi) is 7.41. The number of hydrogen-bond donors (Lipinski definition) is 1. The van der Waals surface area contributed by atoms with E-state index in [0.717, 1.165) is 94.3 Å². The molecule has 0 bridgehead atoms. The summed E-state index contributed by atoms with van der Waals surface area (Å²) in [5.74, 6) is -0.0310. The van der Waals surface area contributed by atoms with Gasteiger partial charge in [0.1, 0.15) is 17.1 Å². The number of rotatable bonds is 5. The van der Waals surface area contributed by atoms with Crippen LogP contribution in [0.3, 0.4) is 0 Å². The number of aryl methyl sites for hydroxylation is 1. The monoisotopic (exact) mass is 663 g/mol. The maximum Gasteiger partial charge on any atom is 0.245 e. The molecule has 9 heteroatoms. The van der Waals surface area contributed by atoms with Crippen molar-refractivity contribution >= 4 is 54.3 Å². The van der Waals surface area contributed by atoms with E-state index < -0.39 is 0 Å². The van der Waals surface area contributed by atoms with Gasteiger partial charge in [-0.25, -0.2) is 14.1 Å². The number of piperidine rings is 1. The molecule has 2 aliphatic heterocycles. The average molecular weight is 664 g/mol. The Morgan fingerprint density at radius 1 is 0.920 bits per heavy atom. The summed E-state index contributed by atoms with van der Waals surface area (Å²) < 4.78 is 25.8. The fourth-order valence-corrected chi connectivity index (χ4v) is 8.46. The van der Waals surface area contributed by atoms with Gasteiger partial charge >= 0.3 is 0 Å². The molecule has 250 valence electrons. The molecule has 0 spiro atoms. The SMILES string of the molecule is Cc1cc2c(nc(OC(C)[C@@H]3CCCN3C)c3nnn(C4CCNCC4)c32)c(F)c1-c1ccc2cc3cc4c(C#N)cccc4cc3cc2c1. The first kappa shape index (κ1) is 30.9. The lowest BCUT2D eigenvalue weighted by Gasteiger charge is -2.27. The molecular weight excluding hydrogens is 625 g/mol. The van der Waals surface area contributed by atoms with Gasteiger partial charge < -0.3 is 10.1 Å². The highest BCUT2D eigenvalue weighted by atomic mass is 19.1. The van der Waals surface area contributed by atoms with Gasteiger partial charge in [0.25, 0.3) is 0 Å². The molecule has 2 fully saturated rings. The Morgan fingerprint density at radius 2 is 1.70 bits per heavy atom. The predicted octanol–water partition coefficient (Wildman–Crippen LogP) is 8.21. The van der Waals surface area contributed by atoms with Crippen molar-refractivity contribution in [1.29, 1.82) is 5.26 Å². The molecule has 1 N–H and O–H groups in total. The maximum atomic E-state index is 17.2. The number of benzene rings is 5. The summed E-state index contributed by atoms with van der Waals surface area (Å²) in [6.07, 6.45) is 3.86. The van der Waals surface area contributed by atoms with Crippen LogP contribution in [0.1, 0.15) is 49.8 Å². The Labute approximate surface area is 289 Å². The summed E-state index contributed by atoms with van der Waals surface area (Å²) in [5.41, 5.74) is 4.44. The Balaban J connectivity index is 1.21. The number of pyridine rings is 1. The Morgan fingerprint density at radius 3 is 2.50 bits per heavy atom. The first-order valence-electron chi connectivity index (χ1n) is 17.6. The molecule has 1 unspecified atom stereocenters. The Bertz CT molecular complexity index is 2530. The molecule has 2 atom stereocenters. The van der Waals surface area contributed by atoms with E-state index in [1.807, 2.05) is 41.9 Å². The lowest BCUT2D eigenvalue weighted by molar-refractivity contribution is 0.118. The molecule has 2 aliphatic rings. The van der Waals surface area contributed by atoms with Gasteiger partial charge in [0, 0.05) is 22.4 Å². The van der Waals surface area contributed by atoms with Crippen molar-refractivity contribution < 1.29 is 9.13 Å². The molecule has 2 saturated heterocycles. The summed E-state index contributed by atoms with van der Waals surface area (Å²) in [4.78, 5) is 7.23. The molecule has 5 aromatic carbocycles. The molecule has 4 heterocycles. The van der Waals surface area contributed by atoms with Gasteiger partial charge in [0.15, 0.2) is 11.3 Å². The summed E-state index contributed by atoms with van der Waals surface area (Å²) in [7, 11) is 2.13. The van der Waals surface area contributed by atoms with Crippen molar-refractivity contribution in [2.75, 3.05) is 26.7 Å². The fraction of sp³-hybridized carbons (Fsp3) is 0.317. The fourth-order valence-electron chi connectivity index (χ4n) is 8.46. The molecule has 9 rings (SSSR count). The quantitative estimate of drug-likeness (QED) is 0.186. The van der Waals surface area contributed by atoms with Crippen LogP contribution in [0.4, 0.5) is 4.39 Å². The second kappa shape index (κ2) is 12.0. The zero-order valence-electron chi connectivity index (χ0n) is 28.5. The third kappa shape index (κ3) is 4.97. The highest BCUT2D eigenvalue weighted by Gasteiger charge is 2.31. The van der Waals surface area contributed by atoms with Crippen molar-refractivity contribution in [1.82, 2.24) is 30.2 Å². The predicted molar refractivity (Wildman–Crippen MR) is 197 cm³/mol. The van der Waals surface area contributed by atoms with Crippen LogP contribution in [0.25, 0.3) is 65.4 Å². The zero-order valence-corrected chi connectivity index (χ0v) is 28.5. The molecule has 0 aliphatic carbocycles. The van der Waals surface area contributed by atoms with Crippen LogP contribution in [0.2, 0.25) is 0 Å². The number of likely N-dealkylation sites (N-methyl/N-ethyl adjacent to an activating group) is 1. The number of ether oxygens (including phenoxy) is 1. The molecule has 50 heavy (non-hydrogen) atoms. The lowest BCUT2D eigenvalue weighted by atomic mass is 9.93. The van der Waals surface area contributed by atoms with Crippen molar-refractivity contribution in [3.8, 4) is 23.1 Å². The number of nitrogens with one attached hydrogen (secondary N) is 1. The average Bonchev–Trinajstić information content (AvgIpc) is 3.78. The number of nitriles is 1. The first-order chi connectivity index (χ1) is 24.4. The molecule has 7 aromatic rings. The van der Waals surface area contributed by atoms with Crippen LogP contribution >= 0.6 is 0 Å². The smallest absolute Gasteiger partial charge is 0.245 e. The van der Waals surface area contributed by atoms with E-state index >= 15 is 4.39 Å². The molecule has 0 saturated carbocycles. The van der Waals surface area contributed by atoms with E-state index in [4.69, 9.17) is 9.72 Å². The summed E-state index contributed by atoms with van der Waals surface area (Å²) in [6, 6.07) is 25.2. The van der Waals surface area contributed by atoms with E-state index in [2.05, 4.69) is 77.0 Å². The first-order valence-corrected chi connectivity index (χ1v) is 17.6. The van der Waals surface area contributed by atoms with Crippen molar-refractivity contribution in [3.63, 3.8) is 0 Å². The van der Waals surface area contributed by atoms with Crippen LogP contribution < -0.4 is 10.1 Å². The minimum Gasteiger partial charge on any atom is -0.471 e. The van der Waals surface area contributed by atoms with Gasteiger partial charge in [-0.3, -0.25) is 4.90 Å². The van der Waals surface area contributed by atoms with Crippen LogP contribution in [-0.2, 0) is 0 Å². The van der Waals surface area contributed by atoms with Crippen molar-refractivity contribution in [2.45, 2.75) is 57.7 Å². The van der Waals surface area contributed by atoms with E-state index in [0.29, 0.717) is 27.9 Å². The van der Waals surface area contributed by atoms with Crippen LogP contribution in [-0.4, -0.2) is 63.7 Å². The second-order valence-corrected chi connectivity index (χ2v) is 14.2. The standard InChI is InChI=1S/C41H38FN7O/c1-23-16-34-38(45-41(50-24(2)35-8-5-15-48(35)3)39-40(34)49(47-46-39)32-11-13-44-14-12-32)37(42)36(23)27-10-9-25-17-31-21-33-26(6-4-7-28(33)22-43)18-30(31)20-29(25)19-27/h4,6-7,9-10,16-21,24,32,35,44H,5,8,11-15H2,1-3H3/t24?,35-/m0/s1. The molecule has 2 aromatic heterocycles. The minimum atomic E-state index is -0.370. The number of fused-ring (bicyclic) bond motifs is 6. The highest BCUT2D eigenvalue weighted by molar-refractivity contribution is 6.08. The third-order valence-electron chi connectivity index (χ3n) is 11.1. The van der Waals surface area contributed by atoms with E-state index in [1.54, 1.807) is 0 Å². The normalized spacial score (nSPS) is 18.1. The summed E-state index contributed by atoms with van der Waals surface area (Å²) in [6.45, 7) is 6.86. The van der Waals surface area contributed by atoms with Gasteiger partial charge in [-0.05, 0) is 147 Å². The van der Waals surface area contributed by atoms with Crippen LogP contribution in [0.15, 0.2) is 66.7 Å². The van der Waals surface area contributed by atoms with E-state index in [9.17, 15) is 5.26 Å². The van der Waals surface area contributed by atoms with Gasteiger partial charge in [0.2, 0.25) is 5.88 Å². The number of hydrogen-bond acceptors (Lipinski definition) is 7. The second-order valence-electron chi connectivity index (χ2n) is 14.2. The third-order valence-corrected chi connectivity index (χ3v) is 11.1. The molecule has 0 amide bonds. The van der Waals surface area contributed by atoms with Crippen LogP contribution in [0.5, 0.6) is 5.88 Å². The highest BCUT2D eigenvalue weighted by Crippen LogP contribution is 2.40. The van der Waals surface area contributed by atoms with Crippen molar-refractivity contribution in [3.05, 3.63) is 83.7 Å². The number of likely N-dealkylation sites (tertiary alicyclic amines) is 1. The Hall–Kier alpha value is -5.17. The summed E-state index contributed by atoms with van der Waals surface area (Å²) >= 11 is 0. The van der Waals surface area contributed by atoms with Gasteiger partial charge in [-0.1, -0.05) is 29.5 Å². The van der Waals surface area contributed by atoms with Gasteiger partial charge in [-0.15, -0.1) is 5.10 Å². The summed E-state index contributed by atoms with van der Waals surface area (Å²) in [5, 5.41) is 29.2. The van der Waals surface area contributed by atoms with Gasteiger partial charge in [-0.2, -0.15) is 5.26 Å². The van der Waals surface area contributed by atoms with E-state index in [-0.39, 0.29) is 29.5 Å². The zero-order chi connectivity index (χ0) is 34.1. The minimum absolute atomic E-state index is 0.147. The van der Waals surface area contributed by atoms with Crippen molar-refractivity contribution in [2.24, 2.45) is 0 Å². The number of aromatic nitrogens is 4. The number of nitrogens with zero attached hydrogens (tertiary/aromatic N) is 6. The molecular formula is C41H38FN7O. The topological polar surface area (TPSA) is 91.9 Å². The van der Waals surface area contributed by atoms with E-state index in [1.165, 1.54) is 0 Å². The molecule has 8 nitrogen and oxygen atoms in total.